The van der Waals surface area contributed by atoms with Crippen molar-refractivity contribution in [2.24, 2.45) is 0 Å². The second-order valence-electron chi connectivity index (χ2n) is 6.37. The first-order valence-corrected chi connectivity index (χ1v) is 10.2. The fourth-order valence-corrected chi connectivity index (χ4v) is 4.55. The van der Waals surface area contributed by atoms with Gasteiger partial charge in [-0.2, -0.15) is 4.98 Å². The second-order valence-corrected chi connectivity index (χ2v) is 8.87. The Bertz CT molecular complexity index is 892. The quantitative estimate of drug-likeness (QED) is 0.782. The third kappa shape index (κ3) is 3.65. The maximum absolute atomic E-state index is 12.6. The molecule has 1 saturated carbocycles. The lowest BCUT2D eigenvalue weighted by Gasteiger charge is -2.21. The zero-order valence-corrected chi connectivity index (χ0v) is 15.0. The Balaban J connectivity index is 1.53. The predicted octanol–water partition coefficient (Wildman–Crippen LogP) is 2.97. The van der Waals surface area contributed by atoms with Gasteiger partial charge in [0.2, 0.25) is 5.89 Å². The van der Waals surface area contributed by atoms with Crippen LogP contribution in [0, 0.1) is 0 Å². The molecule has 0 spiro atoms. The van der Waals surface area contributed by atoms with Crippen molar-refractivity contribution in [2.75, 3.05) is 6.79 Å². The largest absolute Gasteiger partial charge is 0.467 e. The third-order valence-electron chi connectivity index (χ3n) is 4.42. The fourth-order valence-electron chi connectivity index (χ4n) is 3.00. The number of sulfone groups is 1. The summed E-state index contributed by atoms with van der Waals surface area (Å²) in [6.45, 7) is 0.438. The van der Waals surface area contributed by atoms with Crippen LogP contribution in [0.4, 0.5) is 0 Å². The van der Waals surface area contributed by atoms with Gasteiger partial charge in [0.25, 0.3) is 0 Å². The maximum atomic E-state index is 12.6. The first kappa shape index (κ1) is 16.8. The highest BCUT2D eigenvalue weighted by Crippen LogP contribution is 2.35. The third-order valence-corrected chi connectivity index (χ3v) is 6.08. The van der Waals surface area contributed by atoms with Gasteiger partial charge in [0.1, 0.15) is 11.5 Å². The highest BCUT2D eigenvalue weighted by molar-refractivity contribution is 7.89. The summed E-state index contributed by atoms with van der Waals surface area (Å²) in [5.74, 6) is 1.05. The Morgan fingerprint density at radius 3 is 2.84 bits per heavy atom. The maximum Gasteiger partial charge on any atom is 0.241 e. The molecule has 0 atom stereocenters. The summed E-state index contributed by atoms with van der Waals surface area (Å²) in [7, 11) is -3.51. The Hall–Kier alpha value is -1.64. The normalized spacial score (nSPS) is 17.6. The fraction of sp³-hybridized carbons (Fsp3) is 0.500. The summed E-state index contributed by atoms with van der Waals surface area (Å²) in [5, 5.41) is 4.35. The summed E-state index contributed by atoms with van der Waals surface area (Å²) >= 11 is 6.08. The molecule has 0 N–H and O–H groups in total. The first-order valence-electron chi connectivity index (χ1n) is 8.05. The average molecular weight is 385 g/mol. The molecule has 1 aromatic heterocycles. The number of ether oxygens (including phenoxy) is 2. The molecular formula is C16H17ClN2O5S. The number of nitrogens with zero attached hydrogens (tertiary/aromatic N) is 2. The highest BCUT2D eigenvalue weighted by atomic mass is 35.5. The molecule has 1 fully saturated rings. The van der Waals surface area contributed by atoms with Crippen LogP contribution >= 0.6 is 11.6 Å². The second kappa shape index (κ2) is 6.59. The van der Waals surface area contributed by atoms with Crippen molar-refractivity contribution in [2.45, 2.75) is 43.3 Å². The lowest BCUT2D eigenvalue weighted by Crippen LogP contribution is -2.15. The smallest absolute Gasteiger partial charge is 0.241 e. The van der Waals surface area contributed by atoms with Gasteiger partial charge >= 0.3 is 0 Å². The number of hydrogen-bond acceptors (Lipinski definition) is 7. The molecule has 1 aromatic carbocycles. The van der Waals surface area contributed by atoms with E-state index in [0.717, 1.165) is 24.8 Å². The summed E-state index contributed by atoms with van der Waals surface area (Å²) in [6.07, 6.45) is 3.20. The number of halogens is 1. The molecule has 1 aliphatic heterocycles. The molecule has 2 heterocycles. The van der Waals surface area contributed by atoms with Crippen LogP contribution in [-0.4, -0.2) is 25.4 Å². The van der Waals surface area contributed by atoms with E-state index in [-0.39, 0.29) is 24.2 Å². The van der Waals surface area contributed by atoms with E-state index >= 15 is 0 Å². The SMILES string of the molecule is O=S(=O)(Cc1nc(C2CCC2)no1)Cc1cc(Cl)cc2c1OCOC2. The van der Waals surface area contributed by atoms with Crippen LogP contribution in [0.15, 0.2) is 16.7 Å². The van der Waals surface area contributed by atoms with Crippen LogP contribution in [0.3, 0.4) is 0 Å². The minimum absolute atomic E-state index is 0.0933. The van der Waals surface area contributed by atoms with Gasteiger partial charge in [-0.25, -0.2) is 8.42 Å². The van der Waals surface area contributed by atoms with Gasteiger partial charge in [0.15, 0.2) is 22.5 Å². The van der Waals surface area contributed by atoms with Gasteiger partial charge < -0.3 is 14.0 Å². The first-order chi connectivity index (χ1) is 12.0. The summed E-state index contributed by atoms with van der Waals surface area (Å²) in [5.41, 5.74) is 1.26. The zero-order valence-electron chi connectivity index (χ0n) is 13.4. The molecule has 0 bridgehead atoms. The number of benzene rings is 1. The van der Waals surface area contributed by atoms with Gasteiger partial charge in [0.05, 0.1) is 12.4 Å². The van der Waals surface area contributed by atoms with Crippen LogP contribution in [-0.2, 0) is 32.7 Å². The molecular weight excluding hydrogens is 368 g/mol. The van der Waals surface area contributed by atoms with Gasteiger partial charge in [-0.05, 0) is 25.0 Å². The van der Waals surface area contributed by atoms with Crippen LogP contribution < -0.4 is 4.74 Å². The molecule has 0 radical (unpaired) electrons. The van der Waals surface area contributed by atoms with E-state index in [4.69, 9.17) is 25.6 Å². The number of rotatable bonds is 5. The number of aromatic nitrogens is 2. The Morgan fingerprint density at radius 1 is 1.24 bits per heavy atom. The van der Waals surface area contributed by atoms with Gasteiger partial charge in [-0.3, -0.25) is 0 Å². The lowest BCUT2D eigenvalue weighted by molar-refractivity contribution is -0.0169. The molecule has 0 amide bonds. The van der Waals surface area contributed by atoms with Crippen molar-refractivity contribution in [3.05, 3.63) is 40.0 Å². The van der Waals surface area contributed by atoms with E-state index in [1.54, 1.807) is 12.1 Å². The van der Waals surface area contributed by atoms with Gasteiger partial charge in [-0.15, -0.1) is 0 Å². The molecule has 9 heteroatoms. The van der Waals surface area contributed by atoms with Crippen molar-refractivity contribution < 1.29 is 22.4 Å². The van der Waals surface area contributed by atoms with E-state index < -0.39 is 9.84 Å². The van der Waals surface area contributed by atoms with Crippen molar-refractivity contribution in [1.82, 2.24) is 10.1 Å². The molecule has 25 heavy (non-hydrogen) atoms. The Kier molecular flexibility index (Phi) is 4.43. The monoisotopic (exact) mass is 384 g/mol. The Labute approximate surface area is 150 Å². The van der Waals surface area contributed by atoms with Crippen LogP contribution in [0.5, 0.6) is 5.75 Å². The zero-order chi connectivity index (χ0) is 17.4. The molecule has 0 unspecified atom stereocenters. The minimum atomic E-state index is -3.51. The molecule has 7 nitrogen and oxygen atoms in total. The molecule has 134 valence electrons. The summed E-state index contributed by atoms with van der Waals surface area (Å²) in [4.78, 5) is 4.23. The number of fused-ring (bicyclic) bond motifs is 1. The minimum Gasteiger partial charge on any atom is -0.467 e. The van der Waals surface area contributed by atoms with Crippen molar-refractivity contribution in [3.8, 4) is 5.75 Å². The van der Waals surface area contributed by atoms with Crippen LogP contribution in [0.2, 0.25) is 5.02 Å². The molecule has 1 aliphatic carbocycles. The van der Waals surface area contributed by atoms with E-state index in [1.165, 1.54) is 0 Å². The molecule has 4 rings (SSSR count). The van der Waals surface area contributed by atoms with Crippen molar-refractivity contribution in [3.63, 3.8) is 0 Å². The molecule has 2 aliphatic rings. The van der Waals surface area contributed by atoms with E-state index in [9.17, 15) is 8.42 Å². The van der Waals surface area contributed by atoms with E-state index in [2.05, 4.69) is 10.1 Å². The summed E-state index contributed by atoms with van der Waals surface area (Å²) in [6, 6.07) is 3.33. The molecule has 0 saturated heterocycles. The van der Waals surface area contributed by atoms with Crippen molar-refractivity contribution in [1.29, 1.82) is 0 Å². The highest BCUT2D eigenvalue weighted by Gasteiger charge is 2.27. The van der Waals surface area contributed by atoms with E-state index in [0.29, 0.717) is 34.7 Å². The predicted molar refractivity (Wildman–Crippen MR) is 89.0 cm³/mol. The van der Waals surface area contributed by atoms with Gasteiger partial charge in [0, 0.05) is 22.1 Å². The topological polar surface area (TPSA) is 91.5 Å². The number of hydrogen-bond donors (Lipinski definition) is 0. The molecule has 2 aromatic rings. The van der Waals surface area contributed by atoms with Crippen LogP contribution in [0.25, 0.3) is 0 Å². The summed E-state index contributed by atoms with van der Waals surface area (Å²) < 4.78 is 40.9. The average Bonchev–Trinajstić information content (AvgIpc) is 2.91. The van der Waals surface area contributed by atoms with E-state index in [1.807, 2.05) is 0 Å². The van der Waals surface area contributed by atoms with Crippen LogP contribution in [0.1, 0.15) is 48.0 Å². The van der Waals surface area contributed by atoms with Gasteiger partial charge in [-0.1, -0.05) is 23.2 Å². The van der Waals surface area contributed by atoms with Crippen molar-refractivity contribution >= 4 is 21.4 Å². The Morgan fingerprint density at radius 2 is 2.08 bits per heavy atom. The standard InChI is InChI=1S/C16H17ClN2O5S/c17-13-4-11-6-22-9-23-15(11)12(5-13)7-25(20,21)8-14-18-16(19-24-14)10-2-1-3-10/h4-5,10H,1-3,6-9H2. The lowest BCUT2D eigenvalue weighted by atomic mass is 9.85.